The molecule has 3 rings (SSSR count). The minimum atomic E-state index is -0.373. The molecule has 2 heterocycles. The largest absolute Gasteiger partial charge is 0.334 e. The van der Waals surface area contributed by atoms with Crippen molar-refractivity contribution in [3.63, 3.8) is 0 Å². The predicted molar refractivity (Wildman–Crippen MR) is 92.6 cm³/mol. The van der Waals surface area contributed by atoms with Gasteiger partial charge in [0.2, 0.25) is 0 Å². The Morgan fingerprint density at radius 1 is 1.28 bits per heavy atom. The first-order valence-electron chi connectivity index (χ1n) is 7.77. The van der Waals surface area contributed by atoms with Gasteiger partial charge in [0, 0.05) is 36.6 Å². The van der Waals surface area contributed by atoms with Crippen LogP contribution in [-0.4, -0.2) is 39.6 Å². The smallest absolute Gasteiger partial charge is 0.319 e. The molecule has 0 aliphatic heterocycles. The first-order valence-corrected chi connectivity index (χ1v) is 7.77. The van der Waals surface area contributed by atoms with Gasteiger partial charge in [-0.05, 0) is 31.8 Å². The van der Waals surface area contributed by atoms with Gasteiger partial charge in [0.1, 0.15) is 12.1 Å². The SMILES string of the molecule is CN(C)Cc1ccc(CNC(=O)Nc2ccn3ncnc3c2)cc1F. The summed E-state index contributed by atoms with van der Waals surface area (Å²) in [7, 11) is 3.77. The molecular formula is C17H19FN6O. The lowest BCUT2D eigenvalue weighted by atomic mass is 10.1. The molecule has 0 aliphatic rings. The third kappa shape index (κ3) is 4.30. The van der Waals surface area contributed by atoms with Gasteiger partial charge >= 0.3 is 6.03 Å². The summed E-state index contributed by atoms with van der Waals surface area (Å²) < 4.78 is 15.6. The van der Waals surface area contributed by atoms with Gasteiger partial charge in [0.05, 0.1) is 0 Å². The number of nitrogens with one attached hydrogen (secondary N) is 2. The maximum Gasteiger partial charge on any atom is 0.319 e. The number of pyridine rings is 1. The number of hydrogen-bond donors (Lipinski definition) is 2. The fraction of sp³-hybridized carbons (Fsp3) is 0.235. The zero-order valence-electron chi connectivity index (χ0n) is 14.0. The van der Waals surface area contributed by atoms with Crippen LogP contribution in [0, 0.1) is 5.82 Å². The number of rotatable bonds is 5. The number of nitrogens with zero attached hydrogens (tertiary/aromatic N) is 4. The highest BCUT2D eigenvalue weighted by atomic mass is 19.1. The van der Waals surface area contributed by atoms with Crippen LogP contribution in [0.1, 0.15) is 11.1 Å². The van der Waals surface area contributed by atoms with Crippen molar-refractivity contribution in [3.05, 3.63) is 59.8 Å². The van der Waals surface area contributed by atoms with Crippen molar-refractivity contribution in [2.45, 2.75) is 13.1 Å². The van der Waals surface area contributed by atoms with Crippen molar-refractivity contribution < 1.29 is 9.18 Å². The molecule has 130 valence electrons. The molecule has 25 heavy (non-hydrogen) atoms. The van der Waals surface area contributed by atoms with Gasteiger partial charge in [-0.25, -0.2) is 18.7 Å². The first kappa shape index (κ1) is 16.8. The van der Waals surface area contributed by atoms with E-state index in [9.17, 15) is 9.18 Å². The third-order valence-corrected chi connectivity index (χ3v) is 3.60. The lowest BCUT2D eigenvalue weighted by Gasteiger charge is -2.12. The highest BCUT2D eigenvalue weighted by Crippen LogP contribution is 2.12. The number of aromatic nitrogens is 3. The Kier molecular flexibility index (Phi) is 4.90. The molecule has 7 nitrogen and oxygen atoms in total. The van der Waals surface area contributed by atoms with Crippen LogP contribution in [0.3, 0.4) is 0 Å². The second-order valence-corrected chi connectivity index (χ2v) is 5.95. The maximum absolute atomic E-state index is 14.0. The summed E-state index contributed by atoms with van der Waals surface area (Å²) in [4.78, 5) is 17.9. The Labute approximate surface area is 144 Å². The molecule has 2 amide bonds. The second kappa shape index (κ2) is 7.27. The molecule has 0 saturated carbocycles. The summed E-state index contributed by atoms with van der Waals surface area (Å²) in [6, 6.07) is 8.05. The molecule has 1 aromatic carbocycles. The Balaban J connectivity index is 1.57. The minimum Gasteiger partial charge on any atom is -0.334 e. The molecule has 0 saturated heterocycles. The molecule has 0 atom stereocenters. The lowest BCUT2D eigenvalue weighted by molar-refractivity contribution is 0.251. The van der Waals surface area contributed by atoms with Crippen molar-refractivity contribution in [2.75, 3.05) is 19.4 Å². The number of carbonyl (C=O) groups is 1. The van der Waals surface area contributed by atoms with E-state index >= 15 is 0 Å². The molecule has 8 heteroatoms. The number of amides is 2. The topological polar surface area (TPSA) is 74.6 Å². The van der Waals surface area contributed by atoms with E-state index < -0.39 is 0 Å². The Morgan fingerprint density at radius 2 is 2.12 bits per heavy atom. The fourth-order valence-corrected chi connectivity index (χ4v) is 2.42. The fourth-order valence-electron chi connectivity index (χ4n) is 2.42. The Hall–Kier alpha value is -3.00. The standard InChI is InChI=1S/C17H19FN6O/c1-23(2)10-13-4-3-12(7-15(13)18)9-19-17(25)22-14-5-6-24-16(8-14)20-11-21-24/h3-8,11H,9-10H2,1-2H3,(H2,19,22,25). The van der Waals surface area contributed by atoms with Crippen molar-refractivity contribution in [2.24, 2.45) is 0 Å². The average Bonchev–Trinajstić information content (AvgIpc) is 3.02. The molecule has 0 fully saturated rings. The quantitative estimate of drug-likeness (QED) is 0.746. The highest BCUT2D eigenvalue weighted by molar-refractivity contribution is 5.89. The van der Waals surface area contributed by atoms with E-state index in [2.05, 4.69) is 20.7 Å². The number of fused-ring (bicyclic) bond motifs is 1. The van der Waals surface area contributed by atoms with Crippen LogP contribution in [0.4, 0.5) is 14.9 Å². The summed E-state index contributed by atoms with van der Waals surface area (Å²) in [6.07, 6.45) is 3.14. The van der Waals surface area contributed by atoms with Gasteiger partial charge in [0.25, 0.3) is 0 Å². The number of benzene rings is 1. The van der Waals surface area contributed by atoms with Crippen LogP contribution in [0.15, 0.2) is 42.9 Å². The van der Waals surface area contributed by atoms with Gasteiger partial charge in [-0.3, -0.25) is 0 Å². The Bertz CT molecular complexity index is 892. The normalized spacial score (nSPS) is 11.0. The van der Waals surface area contributed by atoms with E-state index in [-0.39, 0.29) is 18.4 Å². The number of urea groups is 1. The zero-order valence-corrected chi connectivity index (χ0v) is 14.0. The minimum absolute atomic E-state index is 0.234. The van der Waals surface area contributed by atoms with E-state index in [1.807, 2.05) is 25.1 Å². The summed E-state index contributed by atoms with van der Waals surface area (Å²) >= 11 is 0. The number of hydrogen-bond acceptors (Lipinski definition) is 4. The van der Waals surface area contributed by atoms with Gasteiger partial charge in [-0.15, -0.1) is 0 Å². The summed E-state index contributed by atoms with van der Waals surface area (Å²) in [6.45, 7) is 0.767. The van der Waals surface area contributed by atoms with Crippen LogP contribution in [0.25, 0.3) is 5.65 Å². The van der Waals surface area contributed by atoms with Gasteiger partial charge in [0.15, 0.2) is 5.65 Å². The van der Waals surface area contributed by atoms with Crippen LogP contribution in [0.5, 0.6) is 0 Å². The molecule has 0 unspecified atom stereocenters. The van der Waals surface area contributed by atoms with Crippen molar-refractivity contribution in [1.29, 1.82) is 0 Å². The van der Waals surface area contributed by atoms with Crippen LogP contribution in [-0.2, 0) is 13.1 Å². The van der Waals surface area contributed by atoms with Crippen molar-refractivity contribution in [1.82, 2.24) is 24.8 Å². The Morgan fingerprint density at radius 3 is 2.88 bits per heavy atom. The highest BCUT2D eigenvalue weighted by Gasteiger charge is 2.07. The zero-order chi connectivity index (χ0) is 17.8. The molecule has 0 radical (unpaired) electrons. The number of halogens is 1. The maximum atomic E-state index is 14.0. The molecule has 0 aliphatic carbocycles. The van der Waals surface area contributed by atoms with E-state index in [1.165, 1.54) is 12.4 Å². The van der Waals surface area contributed by atoms with Crippen molar-refractivity contribution in [3.8, 4) is 0 Å². The van der Waals surface area contributed by atoms with Gasteiger partial charge in [-0.2, -0.15) is 5.10 Å². The number of anilines is 1. The van der Waals surface area contributed by atoms with Gasteiger partial charge in [-0.1, -0.05) is 12.1 Å². The molecule has 3 aromatic rings. The lowest BCUT2D eigenvalue weighted by Crippen LogP contribution is -2.28. The van der Waals surface area contributed by atoms with Crippen molar-refractivity contribution >= 4 is 17.4 Å². The van der Waals surface area contributed by atoms with E-state index in [0.29, 0.717) is 29.0 Å². The van der Waals surface area contributed by atoms with Crippen LogP contribution in [0.2, 0.25) is 0 Å². The van der Waals surface area contributed by atoms with Crippen LogP contribution >= 0.6 is 0 Å². The van der Waals surface area contributed by atoms with E-state index in [4.69, 9.17) is 0 Å². The summed E-state index contributed by atoms with van der Waals surface area (Å²) in [5, 5.41) is 9.41. The average molecular weight is 342 g/mol. The second-order valence-electron chi connectivity index (χ2n) is 5.95. The monoisotopic (exact) mass is 342 g/mol. The molecule has 0 spiro atoms. The predicted octanol–water partition coefficient (Wildman–Crippen LogP) is 2.25. The number of carbonyl (C=O) groups excluding carboxylic acids is 1. The summed E-state index contributed by atoms with van der Waals surface area (Å²) in [5.41, 5.74) is 2.56. The molecule has 2 N–H and O–H groups in total. The molecular weight excluding hydrogens is 323 g/mol. The summed E-state index contributed by atoms with van der Waals surface area (Å²) in [5.74, 6) is -0.273. The first-order chi connectivity index (χ1) is 12.0. The van der Waals surface area contributed by atoms with E-state index in [0.717, 1.165) is 0 Å². The van der Waals surface area contributed by atoms with Crippen LogP contribution < -0.4 is 10.6 Å². The van der Waals surface area contributed by atoms with E-state index in [1.54, 1.807) is 28.9 Å². The van der Waals surface area contributed by atoms with Gasteiger partial charge < -0.3 is 15.5 Å². The molecule has 0 bridgehead atoms. The third-order valence-electron chi connectivity index (χ3n) is 3.60. The molecule has 2 aromatic heterocycles.